The fourth-order valence-electron chi connectivity index (χ4n) is 2.32. The van der Waals surface area contributed by atoms with Crippen molar-refractivity contribution >= 4 is 29.2 Å². The molecule has 3 rings (SSSR count). The van der Waals surface area contributed by atoms with E-state index in [2.05, 4.69) is 11.2 Å². The lowest BCUT2D eigenvalue weighted by Crippen LogP contribution is -1.96. The number of hydrogen-bond acceptors (Lipinski definition) is 3. The third kappa shape index (κ3) is 2.77. The van der Waals surface area contributed by atoms with E-state index in [4.69, 9.17) is 11.6 Å². The first-order valence-corrected chi connectivity index (χ1v) is 7.65. The van der Waals surface area contributed by atoms with Gasteiger partial charge in [0.25, 0.3) is 0 Å². The summed E-state index contributed by atoms with van der Waals surface area (Å²) in [5.41, 5.74) is 4.50. The minimum Gasteiger partial charge on any atom is -0.298 e. The van der Waals surface area contributed by atoms with E-state index in [-0.39, 0.29) is 0 Å². The van der Waals surface area contributed by atoms with E-state index in [0.29, 0.717) is 15.6 Å². The largest absolute Gasteiger partial charge is 0.298 e. The van der Waals surface area contributed by atoms with Crippen molar-refractivity contribution in [2.45, 2.75) is 13.8 Å². The van der Waals surface area contributed by atoms with Crippen molar-refractivity contribution in [1.29, 1.82) is 0 Å². The van der Waals surface area contributed by atoms with Gasteiger partial charge in [0.2, 0.25) is 0 Å². The topological polar surface area (TPSA) is 34.9 Å². The molecular weight excluding hydrogens is 304 g/mol. The fourth-order valence-corrected chi connectivity index (χ4v) is 3.37. The van der Waals surface area contributed by atoms with Gasteiger partial charge < -0.3 is 0 Å². The maximum atomic E-state index is 11.3. The highest BCUT2D eigenvalue weighted by Gasteiger charge is 2.13. The first kappa shape index (κ1) is 14.0. The average molecular weight is 317 g/mol. The highest BCUT2D eigenvalue weighted by atomic mass is 35.5. The summed E-state index contributed by atoms with van der Waals surface area (Å²) in [5.74, 6) is 0. The molecule has 0 saturated carbocycles. The summed E-state index contributed by atoms with van der Waals surface area (Å²) >= 11 is 7.38. The van der Waals surface area contributed by atoms with E-state index >= 15 is 0 Å². The molecule has 0 N–H and O–H groups in total. The number of halogens is 1. The van der Waals surface area contributed by atoms with Gasteiger partial charge in [-0.1, -0.05) is 17.7 Å². The number of carbonyl (C=O) groups is 1. The van der Waals surface area contributed by atoms with Crippen molar-refractivity contribution in [2.24, 2.45) is 0 Å². The van der Waals surface area contributed by atoms with Gasteiger partial charge in [0.05, 0.1) is 20.5 Å². The number of rotatable bonds is 3. The van der Waals surface area contributed by atoms with Gasteiger partial charge in [-0.25, -0.2) is 4.68 Å². The smallest absolute Gasteiger partial charge is 0.153 e. The van der Waals surface area contributed by atoms with Gasteiger partial charge in [-0.05, 0) is 49.2 Å². The van der Waals surface area contributed by atoms with Crippen LogP contribution in [0.5, 0.6) is 0 Å². The van der Waals surface area contributed by atoms with Crippen LogP contribution in [0.1, 0.15) is 21.5 Å². The van der Waals surface area contributed by atoms with E-state index < -0.39 is 0 Å². The molecule has 0 atom stereocenters. The van der Waals surface area contributed by atoms with Crippen LogP contribution in [0.15, 0.2) is 36.5 Å². The molecule has 0 unspecified atom stereocenters. The summed E-state index contributed by atoms with van der Waals surface area (Å²) in [6.07, 6.45) is 2.58. The highest BCUT2D eigenvalue weighted by molar-refractivity contribution is 7.19. The second kappa shape index (κ2) is 5.47. The van der Waals surface area contributed by atoms with Crippen molar-refractivity contribution < 1.29 is 4.79 Å². The minimum atomic E-state index is 0.563. The summed E-state index contributed by atoms with van der Waals surface area (Å²) in [6.45, 7) is 4.08. The summed E-state index contributed by atoms with van der Waals surface area (Å²) in [6, 6.07) is 9.88. The number of benzene rings is 1. The Labute approximate surface area is 131 Å². The quantitative estimate of drug-likeness (QED) is 0.657. The SMILES string of the molecule is Cc1cc(C)cc(-n2cc(C=O)c(-c3ccc(Cl)s3)n2)c1. The molecule has 0 radical (unpaired) electrons. The molecule has 3 nitrogen and oxygen atoms in total. The summed E-state index contributed by atoms with van der Waals surface area (Å²) in [7, 11) is 0. The minimum absolute atomic E-state index is 0.563. The molecule has 0 aliphatic rings. The predicted molar refractivity (Wildman–Crippen MR) is 86.7 cm³/mol. The van der Waals surface area contributed by atoms with E-state index in [9.17, 15) is 4.79 Å². The monoisotopic (exact) mass is 316 g/mol. The van der Waals surface area contributed by atoms with Crippen LogP contribution in [0, 0.1) is 13.8 Å². The average Bonchev–Trinajstić information content (AvgIpc) is 3.03. The number of aldehydes is 1. The molecule has 0 amide bonds. The van der Waals surface area contributed by atoms with Gasteiger partial charge in [-0.3, -0.25) is 4.79 Å². The Morgan fingerprint density at radius 1 is 1.19 bits per heavy atom. The molecule has 106 valence electrons. The van der Waals surface area contributed by atoms with E-state index in [1.165, 1.54) is 11.3 Å². The van der Waals surface area contributed by atoms with Crippen molar-refractivity contribution in [3.8, 4) is 16.3 Å². The van der Waals surface area contributed by atoms with Crippen LogP contribution in [-0.4, -0.2) is 16.1 Å². The van der Waals surface area contributed by atoms with Crippen LogP contribution < -0.4 is 0 Å². The van der Waals surface area contributed by atoms with E-state index in [1.54, 1.807) is 10.9 Å². The Hall–Kier alpha value is -1.91. The first-order valence-electron chi connectivity index (χ1n) is 6.46. The molecular formula is C16H13ClN2OS. The molecule has 2 aromatic heterocycles. The van der Waals surface area contributed by atoms with Crippen molar-refractivity contribution in [3.63, 3.8) is 0 Å². The fraction of sp³-hybridized carbons (Fsp3) is 0.125. The lowest BCUT2D eigenvalue weighted by molar-refractivity contribution is 0.112. The van der Waals surface area contributed by atoms with Gasteiger partial charge in [-0.15, -0.1) is 11.3 Å². The molecule has 2 heterocycles. The van der Waals surface area contributed by atoms with E-state index in [0.717, 1.165) is 28.0 Å². The Balaban J connectivity index is 2.13. The van der Waals surface area contributed by atoms with Gasteiger partial charge in [0, 0.05) is 6.20 Å². The Morgan fingerprint density at radius 2 is 1.90 bits per heavy atom. The molecule has 21 heavy (non-hydrogen) atoms. The van der Waals surface area contributed by atoms with Gasteiger partial charge in [0.1, 0.15) is 5.69 Å². The molecule has 0 aliphatic heterocycles. The van der Waals surface area contributed by atoms with E-state index in [1.807, 2.05) is 38.1 Å². The first-order chi connectivity index (χ1) is 10.1. The summed E-state index contributed by atoms with van der Waals surface area (Å²) < 4.78 is 2.43. The maximum absolute atomic E-state index is 11.3. The Kier molecular flexibility index (Phi) is 3.66. The number of nitrogens with zero attached hydrogens (tertiary/aromatic N) is 2. The molecule has 3 aromatic rings. The molecule has 0 aliphatic carbocycles. The van der Waals surface area contributed by atoms with Crippen LogP contribution >= 0.6 is 22.9 Å². The van der Waals surface area contributed by atoms with Crippen molar-refractivity contribution in [2.75, 3.05) is 0 Å². The van der Waals surface area contributed by atoms with Gasteiger partial charge >= 0.3 is 0 Å². The maximum Gasteiger partial charge on any atom is 0.153 e. The second-order valence-corrected chi connectivity index (χ2v) is 6.66. The zero-order chi connectivity index (χ0) is 15.0. The van der Waals surface area contributed by atoms with Crippen molar-refractivity contribution in [1.82, 2.24) is 9.78 Å². The molecule has 1 aromatic carbocycles. The zero-order valence-corrected chi connectivity index (χ0v) is 13.2. The van der Waals surface area contributed by atoms with Gasteiger partial charge in [0.15, 0.2) is 6.29 Å². The van der Waals surface area contributed by atoms with Crippen LogP contribution in [0.4, 0.5) is 0 Å². The molecule has 0 bridgehead atoms. The van der Waals surface area contributed by atoms with Crippen LogP contribution in [0.25, 0.3) is 16.3 Å². The summed E-state index contributed by atoms with van der Waals surface area (Å²) in [5, 5.41) is 4.55. The standard InChI is InChI=1S/C16H13ClN2OS/c1-10-5-11(2)7-13(6-10)19-8-12(9-20)16(18-19)14-3-4-15(17)21-14/h3-9H,1-2H3. The number of thiophene rings is 1. The van der Waals surface area contributed by atoms with Crippen LogP contribution in [0.2, 0.25) is 4.34 Å². The number of aromatic nitrogens is 2. The Morgan fingerprint density at radius 3 is 2.48 bits per heavy atom. The third-order valence-corrected chi connectivity index (χ3v) is 4.38. The lowest BCUT2D eigenvalue weighted by atomic mass is 10.1. The molecule has 0 fully saturated rings. The Bertz CT molecular complexity index is 799. The van der Waals surface area contributed by atoms with Crippen LogP contribution in [-0.2, 0) is 0 Å². The highest BCUT2D eigenvalue weighted by Crippen LogP contribution is 2.32. The zero-order valence-electron chi connectivity index (χ0n) is 11.6. The third-order valence-electron chi connectivity index (χ3n) is 3.15. The number of hydrogen-bond donors (Lipinski definition) is 0. The summed E-state index contributed by atoms with van der Waals surface area (Å²) in [4.78, 5) is 12.2. The molecule has 5 heteroatoms. The number of carbonyl (C=O) groups excluding carboxylic acids is 1. The number of aryl methyl sites for hydroxylation is 2. The van der Waals surface area contributed by atoms with Crippen LogP contribution in [0.3, 0.4) is 0 Å². The second-order valence-electron chi connectivity index (χ2n) is 4.95. The molecule has 0 spiro atoms. The lowest BCUT2D eigenvalue weighted by Gasteiger charge is -2.04. The van der Waals surface area contributed by atoms with Crippen molar-refractivity contribution in [3.05, 3.63) is 57.6 Å². The molecule has 0 saturated heterocycles. The van der Waals surface area contributed by atoms with Gasteiger partial charge in [-0.2, -0.15) is 5.10 Å². The normalized spacial score (nSPS) is 10.8. The predicted octanol–water partition coefficient (Wildman–Crippen LogP) is 4.68.